The Morgan fingerprint density at radius 2 is 0.889 bits per heavy atom. The smallest absolute Gasteiger partial charge is 0.136 e. The Balaban J connectivity index is 1.22. The lowest BCUT2D eigenvalue weighted by Crippen LogP contribution is -1.94. The van der Waals surface area contributed by atoms with Crippen molar-refractivity contribution in [1.82, 2.24) is 9.13 Å². The molecule has 3 heteroatoms. The van der Waals surface area contributed by atoms with Crippen LogP contribution < -0.4 is 0 Å². The van der Waals surface area contributed by atoms with Gasteiger partial charge in [-0.25, -0.2) is 0 Å². The average molecular weight is 575 g/mol. The SMILES string of the molecule is c1ccc(-n2c3ccccc3c3cc4c(cc32)c2ccccc2n4-c2ccc(-c3cccc4oc5ccccc5c34)cc2)cc1. The van der Waals surface area contributed by atoms with E-state index in [1.54, 1.807) is 0 Å². The molecule has 0 aliphatic carbocycles. The molecule has 0 saturated carbocycles. The summed E-state index contributed by atoms with van der Waals surface area (Å²) in [6.45, 7) is 0. The zero-order valence-corrected chi connectivity index (χ0v) is 24.3. The summed E-state index contributed by atoms with van der Waals surface area (Å²) >= 11 is 0. The molecule has 0 spiro atoms. The molecule has 0 N–H and O–H groups in total. The van der Waals surface area contributed by atoms with Gasteiger partial charge in [-0.2, -0.15) is 0 Å². The Hall–Kier alpha value is -6.06. The number of para-hydroxylation sites is 4. The minimum Gasteiger partial charge on any atom is -0.456 e. The van der Waals surface area contributed by atoms with Gasteiger partial charge in [0.25, 0.3) is 0 Å². The van der Waals surface area contributed by atoms with Crippen LogP contribution in [0.5, 0.6) is 0 Å². The van der Waals surface area contributed by atoms with Crippen molar-refractivity contribution in [1.29, 1.82) is 0 Å². The van der Waals surface area contributed by atoms with Crippen molar-refractivity contribution in [3.8, 4) is 22.5 Å². The van der Waals surface area contributed by atoms with Gasteiger partial charge in [0.2, 0.25) is 0 Å². The number of nitrogens with zero attached hydrogens (tertiary/aromatic N) is 2. The van der Waals surface area contributed by atoms with Crippen LogP contribution in [0, 0.1) is 0 Å². The first-order valence-corrected chi connectivity index (χ1v) is 15.4. The topological polar surface area (TPSA) is 23.0 Å². The molecule has 210 valence electrons. The van der Waals surface area contributed by atoms with Gasteiger partial charge in [-0.1, -0.05) is 97.1 Å². The molecule has 7 aromatic carbocycles. The highest BCUT2D eigenvalue weighted by Gasteiger charge is 2.19. The molecule has 0 aliphatic rings. The van der Waals surface area contributed by atoms with Gasteiger partial charge >= 0.3 is 0 Å². The Morgan fingerprint density at radius 3 is 1.56 bits per heavy atom. The summed E-state index contributed by atoms with van der Waals surface area (Å²) in [7, 11) is 0. The van der Waals surface area contributed by atoms with Crippen LogP contribution in [-0.2, 0) is 0 Å². The molecule has 10 rings (SSSR count). The lowest BCUT2D eigenvalue weighted by Gasteiger charge is -2.11. The van der Waals surface area contributed by atoms with E-state index in [2.05, 4.69) is 155 Å². The molecule has 45 heavy (non-hydrogen) atoms. The van der Waals surface area contributed by atoms with Crippen molar-refractivity contribution in [3.05, 3.63) is 158 Å². The number of hydrogen-bond donors (Lipinski definition) is 0. The summed E-state index contributed by atoms with van der Waals surface area (Å²) in [5, 5.41) is 7.31. The third-order valence-electron chi connectivity index (χ3n) is 9.32. The maximum atomic E-state index is 6.18. The van der Waals surface area contributed by atoms with E-state index in [4.69, 9.17) is 4.42 Å². The standard InChI is InChI=1S/C42H26N2O/c1-2-11-28(12-3-1)43-36-17-7-4-13-31(36)34-26-39-35(25-38(34)43)32-14-5-8-18-37(32)44(39)29-23-21-27(22-24-29)30-16-10-20-41-42(30)33-15-6-9-19-40(33)45-41/h1-26H. The molecular weight excluding hydrogens is 548 g/mol. The van der Waals surface area contributed by atoms with Crippen LogP contribution in [0.2, 0.25) is 0 Å². The van der Waals surface area contributed by atoms with E-state index in [1.165, 1.54) is 60.4 Å². The lowest BCUT2D eigenvalue weighted by atomic mass is 9.99. The van der Waals surface area contributed by atoms with Crippen LogP contribution in [0.25, 0.3) is 88.1 Å². The normalized spacial score (nSPS) is 12.0. The minimum absolute atomic E-state index is 0.916. The van der Waals surface area contributed by atoms with Crippen LogP contribution in [0.4, 0.5) is 0 Å². The Bertz CT molecular complexity index is 2740. The van der Waals surface area contributed by atoms with Crippen LogP contribution >= 0.6 is 0 Å². The van der Waals surface area contributed by atoms with Gasteiger partial charge in [-0.15, -0.1) is 0 Å². The van der Waals surface area contributed by atoms with Gasteiger partial charge in [-0.05, 0) is 71.8 Å². The summed E-state index contributed by atoms with van der Waals surface area (Å²) in [5.74, 6) is 0. The Morgan fingerprint density at radius 1 is 0.356 bits per heavy atom. The van der Waals surface area contributed by atoms with E-state index >= 15 is 0 Å². The molecule has 0 atom stereocenters. The Labute approximate surface area is 258 Å². The molecule has 3 nitrogen and oxygen atoms in total. The summed E-state index contributed by atoms with van der Waals surface area (Å²) < 4.78 is 11.0. The van der Waals surface area contributed by atoms with Gasteiger partial charge < -0.3 is 13.6 Å². The predicted octanol–water partition coefficient (Wildman–Crippen LogP) is 11.4. The number of hydrogen-bond acceptors (Lipinski definition) is 1. The molecule has 0 amide bonds. The molecule has 3 heterocycles. The number of fused-ring (bicyclic) bond motifs is 9. The highest BCUT2D eigenvalue weighted by molar-refractivity contribution is 6.19. The molecule has 0 aliphatic heterocycles. The van der Waals surface area contributed by atoms with Crippen molar-refractivity contribution in [3.63, 3.8) is 0 Å². The number of furan rings is 1. The molecule has 0 unspecified atom stereocenters. The maximum Gasteiger partial charge on any atom is 0.136 e. The second-order valence-corrected chi connectivity index (χ2v) is 11.8. The van der Waals surface area contributed by atoms with Crippen LogP contribution in [-0.4, -0.2) is 9.13 Å². The van der Waals surface area contributed by atoms with Gasteiger partial charge in [0.15, 0.2) is 0 Å². The first-order valence-electron chi connectivity index (χ1n) is 15.4. The third-order valence-corrected chi connectivity index (χ3v) is 9.32. The van der Waals surface area contributed by atoms with Crippen LogP contribution in [0.1, 0.15) is 0 Å². The maximum absolute atomic E-state index is 6.18. The van der Waals surface area contributed by atoms with Crippen molar-refractivity contribution >= 4 is 65.6 Å². The van der Waals surface area contributed by atoms with Crippen molar-refractivity contribution < 1.29 is 4.42 Å². The van der Waals surface area contributed by atoms with Gasteiger partial charge in [-0.3, -0.25) is 0 Å². The molecule has 0 saturated heterocycles. The summed E-state index contributed by atoms with van der Waals surface area (Å²) in [6.07, 6.45) is 0. The fourth-order valence-corrected chi connectivity index (χ4v) is 7.37. The second kappa shape index (κ2) is 9.22. The molecule has 0 radical (unpaired) electrons. The fraction of sp³-hybridized carbons (Fsp3) is 0. The van der Waals surface area contributed by atoms with Gasteiger partial charge in [0.1, 0.15) is 11.2 Å². The zero-order chi connectivity index (χ0) is 29.5. The van der Waals surface area contributed by atoms with Crippen molar-refractivity contribution in [2.45, 2.75) is 0 Å². The van der Waals surface area contributed by atoms with E-state index in [-0.39, 0.29) is 0 Å². The van der Waals surface area contributed by atoms with E-state index in [1.807, 2.05) is 12.1 Å². The average Bonchev–Trinajstić information content (AvgIpc) is 3.75. The third kappa shape index (κ3) is 3.46. The van der Waals surface area contributed by atoms with Crippen molar-refractivity contribution in [2.24, 2.45) is 0 Å². The lowest BCUT2D eigenvalue weighted by molar-refractivity contribution is 0.669. The predicted molar refractivity (Wildman–Crippen MR) is 188 cm³/mol. The number of rotatable bonds is 3. The van der Waals surface area contributed by atoms with Crippen LogP contribution in [0.3, 0.4) is 0 Å². The summed E-state index contributed by atoms with van der Waals surface area (Å²) in [6, 6.07) is 56.5. The van der Waals surface area contributed by atoms with E-state index in [0.717, 1.165) is 27.6 Å². The Kier molecular flexibility index (Phi) is 5.00. The minimum atomic E-state index is 0.916. The largest absolute Gasteiger partial charge is 0.456 e. The first kappa shape index (κ1) is 24.4. The fourth-order valence-electron chi connectivity index (χ4n) is 7.37. The first-order chi connectivity index (χ1) is 22.3. The monoisotopic (exact) mass is 574 g/mol. The molecule has 3 aromatic heterocycles. The highest BCUT2D eigenvalue weighted by atomic mass is 16.3. The van der Waals surface area contributed by atoms with E-state index in [9.17, 15) is 0 Å². The van der Waals surface area contributed by atoms with Crippen molar-refractivity contribution in [2.75, 3.05) is 0 Å². The summed E-state index contributed by atoms with van der Waals surface area (Å²) in [4.78, 5) is 0. The van der Waals surface area contributed by atoms with Crippen LogP contribution in [0.15, 0.2) is 162 Å². The summed E-state index contributed by atoms with van der Waals surface area (Å²) in [5.41, 5.74) is 11.3. The molecule has 0 fully saturated rings. The highest BCUT2D eigenvalue weighted by Crippen LogP contribution is 2.41. The second-order valence-electron chi connectivity index (χ2n) is 11.8. The molecule has 10 aromatic rings. The quantitative estimate of drug-likeness (QED) is 0.206. The zero-order valence-electron chi connectivity index (χ0n) is 24.3. The molecular formula is C42H26N2O. The van der Waals surface area contributed by atoms with E-state index < -0.39 is 0 Å². The van der Waals surface area contributed by atoms with Gasteiger partial charge in [0.05, 0.1) is 22.1 Å². The van der Waals surface area contributed by atoms with E-state index in [0.29, 0.717) is 0 Å². The molecule has 0 bridgehead atoms. The number of aromatic nitrogens is 2. The van der Waals surface area contributed by atoms with Gasteiger partial charge in [0, 0.05) is 43.7 Å². The number of benzene rings is 7.